The first kappa shape index (κ1) is 38.0. The molecule has 292 valence electrons. The van der Waals surface area contributed by atoms with Crippen molar-refractivity contribution >= 4 is 39.9 Å². The topological polar surface area (TPSA) is 76.1 Å². The van der Waals surface area contributed by atoms with Gasteiger partial charge >= 0.3 is 12.4 Å². The number of carbonyl (C=O) groups excluding carboxylic acids is 2. The van der Waals surface area contributed by atoms with Crippen LogP contribution in [0.2, 0.25) is 0 Å². The highest BCUT2D eigenvalue weighted by molar-refractivity contribution is 6.22. The zero-order valence-electron chi connectivity index (χ0n) is 30.2. The van der Waals surface area contributed by atoms with E-state index in [1.54, 1.807) is 30.3 Å². The molecule has 2 heterocycles. The number of imide groups is 1. The highest BCUT2D eigenvalue weighted by Crippen LogP contribution is 2.51. The molecule has 0 unspecified atom stereocenters. The molecule has 0 saturated carbocycles. The maximum absolute atomic E-state index is 14.2. The van der Waals surface area contributed by atoms with Crippen molar-refractivity contribution in [1.82, 2.24) is 0 Å². The fourth-order valence-corrected chi connectivity index (χ4v) is 8.47. The largest absolute Gasteiger partial charge is 0.507 e. The van der Waals surface area contributed by atoms with Crippen molar-refractivity contribution in [2.24, 2.45) is 17.8 Å². The van der Waals surface area contributed by atoms with Crippen LogP contribution >= 0.6 is 0 Å². The van der Waals surface area contributed by atoms with Crippen molar-refractivity contribution in [2.75, 3.05) is 18.1 Å². The van der Waals surface area contributed by atoms with Gasteiger partial charge in [0.25, 0.3) is 0 Å². The summed E-state index contributed by atoms with van der Waals surface area (Å²) in [4.78, 5) is 28.7. The van der Waals surface area contributed by atoms with E-state index < -0.39 is 64.8 Å². The SMILES string of the molecule is O=C1[C@@H]2[C@@H](CC(COc3ccccc3)=C3[C@@H](CC/C(=C/c4ccc(O)c5ccccc45)c4ccccc4)OC[C@@H]32)C(=O)N1c1cc(C(F)(F)F)cc(C(F)(F)F)c1. The molecule has 0 bridgehead atoms. The number of amides is 2. The summed E-state index contributed by atoms with van der Waals surface area (Å²) in [6.45, 7) is 0.0509. The molecule has 2 saturated heterocycles. The van der Waals surface area contributed by atoms with Crippen LogP contribution in [0.3, 0.4) is 0 Å². The van der Waals surface area contributed by atoms with Crippen LogP contribution in [0, 0.1) is 17.8 Å². The number of alkyl halides is 6. The smallest absolute Gasteiger partial charge is 0.416 e. The first-order valence-corrected chi connectivity index (χ1v) is 18.4. The standard InChI is InChI=1S/C45H35F6NO5/c46-44(47,48)30-21-31(45(49,50)51)23-32(22-30)52-42(54)36-20-29(24-56-33-11-5-2-6-12-33)40-37(41(36)43(52)55)25-57-39(40)18-16-27(26-9-3-1-4-10-26)19-28-15-17-38(53)35-14-8-7-13-34(28)35/h1-15,17,19,21-23,36-37,39,41,53H,16,18,20,24-25H2/b27-19-/t36-,37+,39-,41-/m1/s1. The van der Waals surface area contributed by atoms with Gasteiger partial charge in [0.05, 0.1) is 41.4 Å². The molecule has 3 aliphatic rings. The zero-order valence-corrected chi connectivity index (χ0v) is 30.2. The number of aromatic hydroxyl groups is 1. The number of fused-ring (bicyclic) bond motifs is 4. The van der Waals surface area contributed by atoms with Gasteiger partial charge in [-0.05, 0) is 88.9 Å². The van der Waals surface area contributed by atoms with Crippen molar-refractivity contribution < 1.29 is 50.5 Å². The summed E-state index contributed by atoms with van der Waals surface area (Å²) < 4.78 is 95.6. The molecule has 57 heavy (non-hydrogen) atoms. The molecule has 2 aliphatic heterocycles. The van der Waals surface area contributed by atoms with Crippen LogP contribution in [0.1, 0.15) is 41.5 Å². The third kappa shape index (κ3) is 7.41. The Morgan fingerprint density at radius 2 is 1.40 bits per heavy atom. The minimum atomic E-state index is -5.17. The van der Waals surface area contributed by atoms with Gasteiger partial charge < -0.3 is 14.6 Å². The highest BCUT2D eigenvalue weighted by atomic mass is 19.4. The number of carbonyl (C=O) groups is 2. The molecule has 5 aromatic carbocycles. The lowest BCUT2D eigenvalue weighted by molar-refractivity contribution is -0.143. The number of phenolic OH excluding ortho intramolecular Hbond substituents is 1. The molecule has 4 atom stereocenters. The average molecular weight is 784 g/mol. The van der Waals surface area contributed by atoms with Gasteiger partial charge in [0.15, 0.2) is 0 Å². The van der Waals surface area contributed by atoms with Crippen LogP contribution in [-0.2, 0) is 26.7 Å². The number of hydrogen-bond donors (Lipinski definition) is 1. The second-order valence-electron chi connectivity index (χ2n) is 14.5. The van der Waals surface area contributed by atoms with Crippen molar-refractivity contribution in [3.8, 4) is 11.5 Å². The van der Waals surface area contributed by atoms with E-state index in [2.05, 4.69) is 6.08 Å². The number of halogens is 6. The molecule has 6 nitrogen and oxygen atoms in total. The quantitative estimate of drug-likeness (QED) is 0.0697. The van der Waals surface area contributed by atoms with Gasteiger partial charge in [-0.1, -0.05) is 84.9 Å². The van der Waals surface area contributed by atoms with Crippen molar-refractivity contribution in [3.05, 3.63) is 149 Å². The molecule has 1 aliphatic carbocycles. The third-order valence-corrected chi connectivity index (χ3v) is 11.1. The van der Waals surface area contributed by atoms with Gasteiger partial charge in [0, 0.05) is 11.3 Å². The van der Waals surface area contributed by atoms with Gasteiger partial charge in [0.1, 0.15) is 18.1 Å². The van der Waals surface area contributed by atoms with Crippen LogP contribution in [0.15, 0.2) is 126 Å². The lowest BCUT2D eigenvalue weighted by atomic mass is 9.69. The molecule has 8 rings (SSSR count). The molecule has 0 aromatic heterocycles. The van der Waals surface area contributed by atoms with Crippen LogP contribution in [0.25, 0.3) is 22.4 Å². The predicted molar refractivity (Wildman–Crippen MR) is 202 cm³/mol. The lowest BCUT2D eigenvalue weighted by Gasteiger charge is -2.31. The maximum Gasteiger partial charge on any atom is 0.416 e. The predicted octanol–water partition coefficient (Wildman–Crippen LogP) is 10.5. The Kier molecular flexibility index (Phi) is 9.93. The molecule has 2 fully saturated rings. The van der Waals surface area contributed by atoms with Gasteiger partial charge in [-0.2, -0.15) is 26.3 Å². The molecular formula is C45H35F6NO5. The summed E-state index contributed by atoms with van der Waals surface area (Å²) >= 11 is 0. The molecule has 1 N–H and O–H groups in total. The van der Waals surface area contributed by atoms with Crippen molar-refractivity contribution in [3.63, 3.8) is 0 Å². The monoisotopic (exact) mass is 783 g/mol. The fraction of sp³-hybridized carbons (Fsp3) is 0.244. The Hall–Kier alpha value is -5.88. The first-order chi connectivity index (χ1) is 27.3. The van der Waals surface area contributed by atoms with Gasteiger partial charge in [-0.3, -0.25) is 9.59 Å². The van der Waals surface area contributed by atoms with Crippen LogP contribution in [0.4, 0.5) is 32.0 Å². The number of para-hydroxylation sites is 1. The Labute approximate surface area is 323 Å². The Balaban J connectivity index is 1.14. The molecule has 12 heteroatoms. The number of allylic oxidation sites excluding steroid dienone is 1. The first-order valence-electron chi connectivity index (χ1n) is 18.4. The molecule has 2 amide bonds. The molecule has 5 aromatic rings. The van der Waals surface area contributed by atoms with E-state index in [0.717, 1.165) is 27.7 Å². The van der Waals surface area contributed by atoms with Crippen LogP contribution in [-0.4, -0.2) is 36.2 Å². The van der Waals surface area contributed by atoms with E-state index in [0.29, 0.717) is 46.6 Å². The van der Waals surface area contributed by atoms with E-state index in [-0.39, 0.29) is 31.5 Å². The van der Waals surface area contributed by atoms with Crippen molar-refractivity contribution in [2.45, 2.75) is 37.7 Å². The van der Waals surface area contributed by atoms with Gasteiger partial charge in [-0.25, -0.2) is 4.90 Å². The summed E-state index contributed by atoms with van der Waals surface area (Å²) in [5.41, 5.74) is 0.265. The van der Waals surface area contributed by atoms with Gasteiger partial charge in [0.2, 0.25) is 11.8 Å². The van der Waals surface area contributed by atoms with Crippen LogP contribution < -0.4 is 9.64 Å². The summed E-state index contributed by atoms with van der Waals surface area (Å²) in [5.74, 6) is -3.79. The summed E-state index contributed by atoms with van der Waals surface area (Å²) in [6.07, 6.45) is -7.84. The minimum absolute atomic E-state index is 0.0102. The molecular weight excluding hydrogens is 748 g/mol. The number of phenols is 1. The number of benzene rings is 5. The lowest BCUT2D eigenvalue weighted by Crippen LogP contribution is -2.35. The number of ether oxygens (including phenoxy) is 2. The maximum atomic E-state index is 14.2. The summed E-state index contributed by atoms with van der Waals surface area (Å²) in [5, 5.41) is 12.1. The van der Waals surface area contributed by atoms with Gasteiger partial charge in [-0.15, -0.1) is 0 Å². The van der Waals surface area contributed by atoms with E-state index in [1.807, 2.05) is 66.7 Å². The zero-order chi connectivity index (χ0) is 40.1. The van der Waals surface area contributed by atoms with E-state index in [4.69, 9.17) is 9.47 Å². The Morgan fingerprint density at radius 1 is 0.772 bits per heavy atom. The van der Waals surface area contributed by atoms with E-state index in [9.17, 15) is 41.0 Å². The normalized spacial score (nSPS) is 21.3. The second-order valence-corrected chi connectivity index (χ2v) is 14.5. The molecule has 0 spiro atoms. The number of nitrogens with zero attached hydrogens (tertiary/aromatic N) is 1. The number of anilines is 1. The summed E-state index contributed by atoms with van der Waals surface area (Å²) in [7, 11) is 0. The minimum Gasteiger partial charge on any atom is -0.507 e. The second kappa shape index (κ2) is 14.9. The van der Waals surface area contributed by atoms with Crippen molar-refractivity contribution in [1.29, 1.82) is 0 Å². The molecule has 0 radical (unpaired) electrons. The van der Waals surface area contributed by atoms with Crippen LogP contribution in [0.5, 0.6) is 11.5 Å². The Morgan fingerprint density at radius 3 is 2.07 bits per heavy atom. The highest BCUT2D eigenvalue weighted by Gasteiger charge is 2.58. The Bertz CT molecular complexity index is 2370. The number of hydrogen-bond acceptors (Lipinski definition) is 5. The fourth-order valence-electron chi connectivity index (χ4n) is 8.47. The average Bonchev–Trinajstić information content (AvgIpc) is 3.73. The third-order valence-electron chi connectivity index (χ3n) is 11.1. The van der Waals surface area contributed by atoms with E-state index >= 15 is 0 Å². The van der Waals surface area contributed by atoms with E-state index in [1.165, 1.54) is 0 Å². The number of rotatable bonds is 9. The summed E-state index contributed by atoms with van der Waals surface area (Å²) in [6, 6.07) is 30.5.